The van der Waals surface area contributed by atoms with E-state index in [0.717, 1.165) is 37.3 Å². The number of methoxy groups -OCH3 is 1. The van der Waals surface area contributed by atoms with Gasteiger partial charge in [-0.1, -0.05) is 0 Å². The van der Waals surface area contributed by atoms with Gasteiger partial charge in [-0.3, -0.25) is 4.79 Å². The molecule has 0 N–H and O–H groups in total. The number of ether oxygens (including phenoxy) is 1. The first-order valence-electron chi connectivity index (χ1n) is 6.92. The zero-order valence-electron chi connectivity index (χ0n) is 11.5. The summed E-state index contributed by atoms with van der Waals surface area (Å²) in [5, 5.41) is 4.15. The lowest BCUT2D eigenvalue weighted by Crippen LogP contribution is -2.41. The molecule has 0 radical (unpaired) electrons. The number of esters is 1. The van der Waals surface area contributed by atoms with Crippen molar-refractivity contribution in [3.8, 4) is 0 Å². The van der Waals surface area contributed by atoms with Crippen LogP contribution in [0.2, 0.25) is 0 Å². The van der Waals surface area contributed by atoms with Crippen molar-refractivity contribution < 1.29 is 9.53 Å². The number of piperidine rings is 1. The molecule has 1 saturated heterocycles. The average Bonchev–Trinajstić information content (AvgIpc) is 2.95. The first kappa shape index (κ1) is 12.9. The lowest BCUT2D eigenvalue weighted by Gasteiger charge is -2.36. The molecule has 2 aromatic rings. The molecule has 106 valence electrons. The molecule has 1 aliphatic rings. The molecule has 1 fully saturated rings. The molecule has 3 rings (SSSR count). The van der Waals surface area contributed by atoms with E-state index in [0.29, 0.717) is 6.42 Å². The molecule has 0 aliphatic carbocycles. The van der Waals surface area contributed by atoms with Gasteiger partial charge in [0.1, 0.15) is 5.82 Å². The van der Waals surface area contributed by atoms with Gasteiger partial charge in [-0.05, 0) is 25.3 Å². The molecule has 1 aliphatic heterocycles. The molecule has 2 aromatic heterocycles. The van der Waals surface area contributed by atoms with Crippen LogP contribution in [0.1, 0.15) is 25.7 Å². The van der Waals surface area contributed by atoms with Gasteiger partial charge in [0, 0.05) is 24.8 Å². The van der Waals surface area contributed by atoms with Crippen LogP contribution in [0.3, 0.4) is 0 Å². The number of aromatic nitrogens is 3. The number of carbonyl (C=O) groups excluding carboxylic acids is 1. The Balaban J connectivity index is 1.86. The Morgan fingerprint density at radius 1 is 1.45 bits per heavy atom. The second-order valence-corrected chi connectivity index (χ2v) is 5.04. The van der Waals surface area contributed by atoms with Crippen molar-refractivity contribution in [1.82, 2.24) is 14.6 Å². The highest BCUT2D eigenvalue weighted by atomic mass is 16.5. The fourth-order valence-electron chi connectivity index (χ4n) is 2.75. The van der Waals surface area contributed by atoms with Gasteiger partial charge in [-0.25, -0.2) is 9.50 Å². The van der Waals surface area contributed by atoms with E-state index in [-0.39, 0.29) is 12.0 Å². The predicted octanol–water partition coefficient (Wildman–Crippen LogP) is 1.65. The summed E-state index contributed by atoms with van der Waals surface area (Å²) in [6.45, 7) is 0.930. The molecule has 20 heavy (non-hydrogen) atoms. The Hall–Kier alpha value is -2.11. The minimum absolute atomic E-state index is 0.160. The molecule has 0 saturated carbocycles. The summed E-state index contributed by atoms with van der Waals surface area (Å²) in [5.41, 5.74) is 0.824. The van der Waals surface area contributed by atoms with Gasteiger partial charge >= 0.3 is 5.97 Å². The van der Waals surface area contributed by atoms with E-state index in [1.807, 2.05) is 18.3 Å². The maximum absolute atomic E-state index is 11.5. The maximum Gasteiger partial charge on any atom is 0.307 e. The quantitative estimate of drug-likeness (QED) is 0.796. The third kappa shape index (κ3) is 2.45. The van der Waals surface area contributed by atoms with Crippen LogP contribution in [0.5, 0.6) is 0 Å². The summed E-state index contributed by atoms with van der Waals surface area (Å²) in [6, 6.07) is 4.01. The molecular formula is C14H18N4O2. The van der Waals surface area contributed by atoms with E-state index in [2.05, 4.69) is 15.0 Å². The molecular weight excluding hydrogens is 256 g/mol. The normalized spacial score (nSPS) is 19.2. The number of anilines is 1. The molecule has 3 heterocycles. The fourth-order valence-corrected chi connectivity index (χ4v) is 2.75. The first-order valence-corrected chi connectivity index (χ1v) is 6.92. The molecule has 1 atom stereocenters. The first-order chi connectivity index (χ1) is 9.78. The number of carbonyl (C=O) groups is 1. The van der Waals surface area contributed by atoms with Crippen LogP contribution in [0, 0.1) is 0 Å². The van der Waals surface area contributed by atoms with Crippen molar-refractivity contribution in [1.29, 1.82) is 0 Å². The van der Waals surface area contributed by atoms with Gasteiger partial charge in [-0.15, -0.1) is 0 Å². The van der Waals surface area contributed by atoms with E-state index in [4.69, 9.17) is 4.74 Å². The van der Waals surface area contributed by atoms with Crippen LogP contribution in [0.15, 0.2) is 24.5 Å². The van der Waals surface area contributed by atoms with Crippen LogP contribution < -0.4 is 4.90 Å². The van der Waals surface area contributed by atoms with Crippen LogP contribution in [0.25, 0.3) is 5.65 Å². The number of fused-ring (bicyclic) bond motifs is 1. The van der Waals surface area contributed by atoms with Crippen molar-refractivity contribution in [2.24, 2.45) is 0 Å². The third-order valence-corrected chi connectivity index (χ3v) is 3.79. The van der Waals surface area contributed by atoms with Crippen molar-refractivity contribution >= 4 is 17.4 Å². The van der Waals surface area contributed by atoms with Gasteiger partial charge < -0.3 is 9.64 Å². The Kier molecular flexibility index (Phi) is 3.54. The second-order valence-electron chi connectivity index (χ2n) is 5.04. The summed E-state index contributed by atoms with van der Waals surface area (Å²) >= 11 is 0. The highest BCUT2D eigenvalue weighted by molar-refractivity contribution is 5.70. The van der Waals surface area contributed by atoms with E-state index in [9.17, 15) is 4.79 Å². The van der Waals surface area contributed by atoms with E-state index >= 15 is 0 Å². The molecule has 0 aromatic carbocycles. The Morgan fingerprint density at radius 3 is 3.20 bits per heavy atom. The smallest absolute Gasteiger partial charge is 0.307 e. The summed E-state index contributed by atoms with van der Waals surface area (Å²) in [5.74, 6) is 0.749. The van der Waals surface area contributed by atoms with Crippen molar-refractivity contribution in [3.05, 3.63) is 24.5 Å². The van der Waals surface area contributed by atoms with Gasteiger partial charge in [-0.2, -0.15) is 5.10 Å². The molecule has 6 heteroatoms. The predicted molar refractivity (Wildman–Crippen MR) is 74.6 cm³/mol. The molecule has 0 bridgehead atoms. The van der Waals surface area contributed by atoms with Gasteiger partial charge in [0.2, 0.25) is 0 Å². The average molecular weight is 274 g/mol. The van der Waals surface area contributed by atoms with Crippen LogP contribution in [-0.2, 0) is 9.53 Å². The minimum atomic E-state index is -0.160. The number of hydrogen-bond acceptors (Lipinski definition) is 5. The minimum Gasteiger partial charge on any atom is -0.469 e. The van der Waals surface area contributed by atoms with E-state index < -0.39 is 0 Å². The SMILES string of the molecule is COC(=O)CC1CCCCN1c1ccn2nccc2n1. The highest BCUT2D eigenvalue weighted by Crippen LogP contribution is 2.25. The van der Waals surface area contributed by atoms with E-state index in [1.165, 1.54) is 7.11 Å². The van der Waals surface area contributed by atoms with Crippen molar-refractivity contribution in [3.63, 3.8) is 0 Å². The Morgan fingerprint density at radius 2 is 2.35 bits per heavy atom. The number of hydrogen-bond donors (Lipinski definition) is 0. The monoisotopic (exact) mass is 274 g/mol. The lowest BCUT2D eigenvalue weighted by molar-refractivity contribution is -0.141. The fraction of sp³-hybridized carbons (Fsp3) is 0.500. The molecule has 6 nitrogen and oxygen atoms in total. The molecule has 0 spiro atoms. The molecule has 1 unspecified atom stereocenters. The topological polar surface area (TPSA) is 59.7 Å². The van der Waals surface area contributed by atoms with Crippen LogP contribution in [0.4, 0.5) is 5.82 Å². The summed E-state index contributed by atoms with van der Waals surface area (Å²) in [7, 11) is 1.44. The Labute approximate surface area is 117 Å². The zero-order valence-corrected chi connectivity index (χ0v) is 11.5. The van der Waals surface area contributed by atoms with Gasteiger partial charge in [0.05, 0.1) is 19.7 Å². The third-order valence-electron chi connectivity index (χ3n) is 3.79. The molecule has 0 amide bonds. The Bertz CT molecular complexity index is 610. The van der Waals surface area contributed by atoms with Crippen molar-refractivity contribution in [2.45, 2.75) is 31.7 Å². The number of nitrogens with zero attached hydrogens (tertiary/aromatic N) is 4. The van der Waals surface area contributed by atoms with Gasteiger partial charge in [0.15, 0.2) is 5.65 Å². The highest BCUT2D eigenvalue weighted by Gasteiger charge is 2.26. The second kappa shape index (κ2) is 5.48. The summed E-state index contributed by atoms with van der Waals surface area (Å²) in [4.78, 5) is 18.4. The maximum atomic E-state index is 11.5. The van der Waals surface area contributed by atoms with Crippen LogP contribution >= 0.6 is 0 Å². The van der Waals surface area contributed by atoms with E-state index in [1.54, 1.807) is 10.7 Å². The zero-order chi connectivity index (χ0) is 13.9. The summed E-state index contributed by atoms with van der Waals surface area (Å²) in [6.07, 6.45) is 7.33. The largest absolute Gasteiger partial charge is 0.469 e. The van der Waals surface area contributed by atoms with Gasteiger partial charge in [0.25, 0.3) is 0 Å². The summed E-state index contributed by atoms with van der Waals surface area (Å²) < 4.78 is 6.53. The van der Waals surface area contributed by atoms with Crippen molar-refractivity contribution in [2.75, 3.05) is 18.6 Å². The standard InChI is InChI=1S/C14H18N4O2/c1-20-14(19)10-11-4-2-3-8-17(11)12-6-9-18-13(16-12)5-7-15-18/h5-7,9,11H,2-4,8,10H2,1H3. The number of rotatable bonds is 3. The van der Waals surface area contributed by atoms with Crippen LogP contribution in [-0.4, -0.2) is 40.3 Å². The lowest BCUT2D eigenvalue weighted by atomic mass is 9.99.